The third-order valence-electron chi connectivity index (χ3n) is 2.40. The van der Waals surface area contributed by atoms with E-state index in [0.717, 1.165) is 0 Å². The van der Waals surface area contributed by atoms with Crippen LogP contribution in [0, 0.1) is 0 Å². The Morgan fingerprint density at radius 1 is 1.32 bits per heavy atom. The lowest BCUT2D eigenvalue weighted by molar-refractivity contribution is -0.0647. The monoisotopic (exact) mass is 269 g/mol. The van der Waals surface area contributed by atoms with Gasteiger partial charge in [0.15, 0.2) is 0 Å². The summed E-state index contributed by atoms with van der Waals surface area (Å²) in [5, 5.41) is 0. The van der Waals surface area contributed by atoms with E-state index < -0.39 is 0 Å². The Hall–Kier alpha value is -1.40. The summed E-state index contributed by atoms with van der Waals surface area (Å²) in [5.41, 5.74) is 5.37. The Balaban J connectivity index is 2.72. The van der Waals surface area contributed by atoms with Crippen LogP contribution >= 0.6 is 0 Å². The summed E-state index contributed by atoms with van der Waals surface area (Å²) in [7, 11) is 0. The highest BCUT2D eigenvalue weighted by molar-refractivity contribution is 5.16. The van der Waals surface area contributed by atoms with Crippen molar-refractivity contribution in [2.24, 2.45) is 0 Å². The normalized spacial score (nSPS) is 13.2. The van der Waals surface area contributed by atoms with Crippen molar-refractivity contribution in [3.8, 4) is 0 Å². The molecule has 0 aliphatic rings. The van der Waals surface area contributed by atoms with Crippen molar-refractivity contribution in [1.29, 1.82) is 0 Å². The molecule has 0 radical (unpaired) electrons. The van der Waals surface area contributed by atoms with Crippen LogP contribution in [0.25, 0.3) is 0 Å². The molecule has 1 aromatic heterocycles. The molecule has 6 nitrogen and oxygen atoms in total. The smallest absolute Gasteiger partial charge is 0.274 e. The minimum absolute atomic E-state index is 0.0920. The molecule has 108 valence electrons. The van der Waals surface area contributed by atoms with Gasteiger partial charge in [-0.05, 0) is 27.7 Å². The topological polar surface area (TPSA) is 79.4 Å². The van der Waals surface area contributed by atoms with Gasteiger partial charge in [0.25, 0.3) is 5.56 Å². The molecule has 1 unspecified atom stereocenters. The molecule has 0 fully saturated rings. The molecule has 1 heterocycles. The molecule has 0 aromatic carbocycles. The van der Waals surface area contributed by atoms with Crippen LogP contribution in [0.15, 0.2) is 17.1 Å². The van der Waals surface area contributed by atoms with Gasteiger partial charge in [0.05, 0.1) is 31.5 Å². The number of nitrogen functional groups attached to an aromatic ring is 1. The van der Waals surface area contributed by atoms with Crippen LogP contribution in [0.2, 0.25) is 0 Å². The maximum atomic E-state index is 11.1. The van der Waals surface area contributed by atoms with Crippen LogP contribution < -0.4 is 11.3 Å². The minimum Gasteiger partial charge on any atom is -0.376 e. The minimum atomic E-state index is -0.339. The third kappa shape index (κ3) is 5.85. The van der Waals surface area contributed by atoms with Gasteiger partial charge < -0.3 is 19.8 Å². The Morgan fingerprint density at radius 2 is 2.00 bits per heavy atom. The van der Waals surface area contributed by atoms with E-state index in [1.54, 1.807) is 10.8 Å². The summed E-state index contributed by atoms with van der Waals surface area (Å²) in [5.74, 6) is 0.189. The van der Waals surface area contributed by atoms with Gasteiger partial charge in [-0.2, -0.15) is 4.98 Å². The molecule has 0 aliphatic heterocycles. The zero-order valence-electron chi connectivity index (χ0n) is 12.0. The Bertz CT molecular complexity index is 443. The van der Waals surface area contributed by atoms with Crippen LogP contribution in [0.5, 0.6) is 0 Å². The van der Waals surface area contributed by atoms with Crippen LogP contribution in [-0.2, 0) is 16.0 Å². The van der Waals surface area contributed by atoms with Gasteiger partial charge in [-0.1, -0.05) is 0 Å². The number of aromatic nitrogens is 2. The summed E-state index contributed by atoms with van der Waals surface area (Å²) >= 11 is 0. The SMILES string of the molecule is CC(C)OCC(Cn1ccc(=O)nc1N)OC(C)C. The highest BCUT2D eigenvalue weighted by atomic mass is 16.5. The Labute approximate surface area is 113 Å². The molecule has 19 heavy (non-hydrogen) atoms. The fourth-order valence-corrected chi connectivity index (χ4v) is 1.64. The molecule has 6 heteroatoms. The number of nitrogens with two attached hydrogens (primary N) is 1. The second-order valence-corrected chi connectivity index (χ2v) is 4.97. The molecule has 0 amide bonds. The lowest BCUT2D eigenvalue weighted by Gasteiger charge is -2.23. The fourth-order valence-electron chi connectivity index (χ4n) is 1.64. The number of rotatable bonds is 7. The fraction of sp³-hybridized carbons (Fsp3) is 0.692. The molecule has 0 spiro atoms. The maximum absolute atomic E-state index is 11.1. The lowest BCUT2D eigenvalue weighted by atomic mass is 10.3. The summed E-state index contributed by atoms with van der Waals surface area (Å²) in [6, 6.07) is 1.38. The van der Waals surface area contributed by atoms with Crippen molar-refractivity contribution in [2.45, 2.75) is 52.6 Å². The van der Waals surface area contributed by atoms with Gasteiger partial charge >= 0.3 is 0 Å². The quantitative estimate of drug-likeness (QED) is 0.800. The Morgan fingerprint density at radius 3 is 2.53 bits per heavy atom. The molecule has 1 aromatic rings. The average molecular weight is 269 g/mol. The van der Waals surface area contributed by atoms with E-state index in [2.05, 4.69) is 4.98 Å². The molecule has 0 saturated heterocycles. The third-order valence-corrected chi connectivity index (χ3v) is 2.40. The first-order valence-corrected chi connectivity index (χ1v) is 6.48. The zero-order chi connectivity index (χ0) is 14.4. The van der Waals surface area contributed by atoms with Crippen LogP contribution in [-0.4, -0.2) is 34.5 Å². The maximum Gasteiger partial charge on any atom is 0.274 e. The van der Waals surface area contributed by atoms with Crippen molar-refractivity contribution in [2.75, 3.05) is 12.3 Å². The highest BCUT2D eigenvalue weighted by Gasteiger charge is 2.14. The van der Waals surface area contributed by atoms with Crippen molar-refractivity contribution >= 4 is 5.95 Å². The van der Waals surface area contributed by atoms with Crippen LogP contribution in [0.3, 0.4) is 0 Å². The first-order valence-electron chi connectivity index (χ1n) is 6.48. The van der Waals surface area contributed by atoms with E-state index in [9.17, 15) is 4.79 Å². The molecular formula is C13H23N3O3. The van der Waals surface area contributed by atoms with Crippen molar-refractivity contribution in [1.82, 2.24) is 9.55 Å². The summed E-state index contributed by atoms with van der Waals surface area (Å²) < 4.78 is 13.1. The molecule has 0 saturated carbocycles. The van der Waals surface area contributed by atoms with Crippen molar-refractivity contribution in [3.63, 3.8) is 0 Å². The Kier molecular flexibility index (Phi) is 5.98. The number of hydrogen-bond donors (Lipinski definition) is 1. The number of hydrogen-bond acceptors (Lipinski definition) is 5. The van der Waals surface area contributed by atoms with Gasteiger partial charge in [-0.15, -0.1) is 0 Å². The first-order chi connectivity index (χ1) is 8.88. The number of anilines is 1. The zero-order valence-corrected chi connectivity index (χ0v) is 12.0. The standard InChI is InChI=1S/C13H23N3O3/c1-9(2)18-8-11(19-10(3)4)7-16-6-5-12(17)15-13(16)14/h5-6,9-11H,7-8H2,1-4H3,(H2,14,15,17). The molecular weight excluding hydrogens is 246 g/mol. The van der Waals surface area contributed by atoms with E-state index in [1.165, 1.54) is 6.07 Å². The number of ether oxygens (including phenoxy) is 2. The predicted molar refractivity (Wildman–Crippen MR) is 74.0 cm³/mol. The highest BCUT2D eigenvalue weighted by Crippen LogP contribution is 2.06. The van der Waals surface area contributed by atoms with Gasteiger partial charge in [-0.25, -0.2) is 0 Å². The molecule has 0 bridgehead atoms. The summed E-state index contributed by atoms with van der Waals surface area (Å²) in [4.78, 5) is 14.8. The van der Waals surface area contributed by atoms with E-state index in [1.807, 2.05) is 27.7 Å². The van der Waals surface area contributed by atoms with Gasteiger partial charge in [0, 0.05) is 12.3 Å². The first kappa shape index (κ1) is 15.7. The van der Waals surface area contributed by atoms with Gasteiger partial charge in [0.1, 0.15) is 0 Å². The van der Waals surface area contributed by atoms with Crippen molar-refractivity contribution < 1.29 is 9.47 Å². The molecule has 1 rings (SSSR count). The van der Waals surface area contributed by atoms with E-state index in [-0.39, 0.29) is 29.8 Å². The second-order valence-electron chi connectivity index (χ2n) is 4.97. The lowest BCUT2D eigenvalue weighted by Crippen LogP contribution is -2.31. The largest absolute Gasteiger partial charge is 0.376 e. The van der Waals surface area contributed by atoms with Gasteiger partial charge in [0.2, 0.25) is 5.95 Å². The molecule has 2 N–H and O–H groups in total. The predicted octanol–water partition coefficient (Wildman–Crippen LogP) is 1.04. The second kappa shape index (κ2) is 7.25. The van der Waals surface area contributed by atoms with E-state index >= 15 is 0 Å². The molecule has 1 atom stereocenters. The van der Waals surface area contributed by atoms with Crippen LogP contribution in [0.4, 0.5) is 5.95 Å². The number of nitrogens with zero attached hydrogens (tertiary/aromatic N) is 2. The summed E-state index contributed by atoms with van der Waals surface area (Å²) in [6.07, 6.45) is 1.72. The average Bonchev–Trinajstić information content (AvgIpc) is 2.28. The van der Waals surface area contributed by atoms with E-state index in [4.69, 9.17) is 15.2 Å². The van der Waals surface area contributed by atoms with Crippen molar-refractivity contribution in [3.05, 3.63) is 22.6 Å². The van der Waals surface area contributed by atoms with Gasteiger partial charge in [-0.3, -0.25) is 4.79 Å². The summed E-state index contributed by atoms with van der Waals surface area (Å²) in [6.45, 7) is 8.86. The molecule has 0 aliphatic carbocycles. The van der Waals surface area contributed by atoms with Crippen LogP contribution in [0.1, 0.15) is 27.7 Å². The van der Waals surface area contributed by atoms with E-state index in [0.29, 0.717) is 13.2 Å².